The minimum Gasteiger partial charge on any atom is -0.480 e. The maximum Gasteiger partial charge on any atom is 0.416 e. The van der Waals surface area contributed by atoms with Crippen molar-refractivity contribution in [3.63, 3.8) is 0 Å². The van der Waals surface area contributed by atoms with Gasteiger partial charge in [0.05, 0.1) is 5.56 Å². The van der Waals surface area contributed by atoms with Crippen LogP contribution < -0.4 is 5.32 Å². The van der Waals surface area contributed by atoms with E-state index < -0.39 is 35.6 Å². The van der Waals surface area contributed by atoms with Crippen molar-refractivity contribution >= 4 is 11.9 Å². The molecule has 0 spiro atoms. The van der Waals surface area contributed by atoms with Gasteiger partial charge in [0.25, 0.3) is 0 Å². The molecule has 0 radical (unpaired) electrons. The van der Waals surface area contributed by atoms with Crippen LogP contribution in [0, 0.1) is 11.8 Å². The number of hydrogen-bond acceptors (Lipinski definition) is 2. The predicted octanol–water partition coefficient (Wildman–Crippen LogP) is 3.42. The van der Waals surface area contributed by atoms with Crippen LogP contribution >= 0.6 is 0 Å². The lowest BCUT2D eigenvalue weighted by atomic mass is 9.99. The molecular formula is C17H20F3NO3. The fourth-order valence-corrected chi connectivity index (χ4v) is 2.74. The number of carboxylic acid groups (broad SMARTS) is 1. The van der Waals surface area contributed by atoms with Gasteiger partial charge in [-0.05, 0) is 29.9 Å². The molecule has 1 aromatic carbocycles. The number of nitrogens with one attached hydrogen (secondary N) is 1. The van der Waals surface area contributed by atoms with E-state index in [-0.39, 0.29) is 11.8 Å². The second kappa shape index (κ2) is 6.83. The van der Waals surface area contributed by atoms with Crippen molar-refractivity contribution in [3.8, 4) is 0 Å². The zero-order valence-electron chi connectivity index (χ0n) is 13.4. The highest BCUT2D eigenvalue weighted by Crippen LogP contribution is 2.48. The van der Waals surface area contributed by atoms with Gasteiger partial charge in [0.1, 0.15) is 6.04 Å². The summed E-state index contributed by atoms with van der Waals surface area (Å²) in [4.78, 5) is 23.5. The Morgan fingerprint density at radius 2 is 2.04 bits per heavy atom. The number of benzene rings is 1. The average molecular weight is 343 g/mol. The van der Waals surface area contributed by atoms with Crippen molar-refractivity contribution in [2.45, 2.75) is 44.8 Å². The topological polar surface area (TPSA) is 66.4 Å². The Balaban J connectivity index is 2.04. The molecule has 1 aliphatic carbocycles. The van der Waals surface area contributed by atoms with Crippen LogP contribution in [0.25, 0.3) is 0 Å². The molecule has 4 nitrogen and oxygen atoms in total. The van der Waals surface area contributed by atoms with Crippen molar-refractivity contribution in [1.29, 1.82) is 0 Å². The molecule has 0 aromatic heterocycles. The molecule has 0 bridgehead atoms. The Labute approximate surface area is 138 Å². The molecule has 4 atom stereocenters. The van der Waals surface area contributed by atoms with Crippen molar-refractivity contribution < 1.29 is 27.9 Å². The first-order valence-corrected chi connectivity index (χ1v) is 7.85. The molecule has 24 heavy (non-hydrogen) atoms. The summed E-state index contributed by atoms with van der Waals surface area (Å²) in [6.07, 6.45) is -3.40. The SMILES string of the molecule is CC[C@H](C)[C@H](NC(=O)C1CC1c1cccc(C(F)(F)F)c1)C(=O)O. The van der Waals surface area contributed by atoms with Crippen molar-refractivity contribution in [2.75, 3.05) is 0 Å². The van der Waals surface area contributed by atoms with Gasteiger partial charge in [0, 0.05) is 5.92 Å². The molecule has 1 fully saturated rings. The van der Waals surface area contributed by atoms with E-state index in [1.165, 1.54) is 6.07 Å². The van der Waals surface area contributed by atoms with Crippen LogP contribution in [0.5, 0.6) is 0 Å². The van der Waals surface area contributed by atoms with Gasteiger partial charge in [0.2, 0.25) is 5.91 Å². The summed E-state index contributed by atoms with van der Waals surface area (Å²) >= 11 is 0. The quantitative estimate of drug-likeness (QED) is 0.832. The number of amides is 1. The van der Waals surface area contributed by atoms with Gasteiger partial charge in [-0.2, -0.15) is 13.2 Å². The number of carbonyl (C=O) groups is 2. The van der Waals surface area contributed by atoms with Gasteiger partial charge in [-0.3, -0.25) is 4.79 Å². The monoisotopic (exact) mass is 343 g/mol. The standard InChI is InChI=1S/C17H20F3NO3/c1-3-9(2)14(16(23)24)21-15(22)13-8-12(13)10-5-4-6-11(7-10)17(18,19)20/h4-7,9,12-14H,3,8H2,1-2H3,(H,21,22)(H,23,24)/t9-,12?,13?,14-/m0/s1. The Morgan fingerprint density at radius 1 is 1.38 bits per heavy atom. The molecule has 1 aromatic rings. The number of carboxylic acids is 1. The summed E-state index contributed by atoms with van der Waals surface area (Å²) in [6, 6.07) is 3.96. The highest BCUT2D eigenvalue weighted by Gasteiger charge is 2.45. The fourth-order valence-electron chi connectivity index (χ4n) is 2.74. The number of alkyl halides is 3. The number of rotatable bonds is 6. The summed E-state index contributed by atoms with van der Waals surface area (Å²) in [5.41, 5.74) is -0.283. The number of halogens is 3. The Bertz CT molecular complexity index is 630. The third kappa shape index (κ3) is 4.07. The number of carbonyl (C=O) groups excluding carboxylic acids is 1. The van der Waals surface area contributed by atoms with Crippen LogP contribution in [0.1, 0.15) is 43.7 Å². The smallest absolute Gasteiger partial charge is 0.416 e. The lowest BCUT2D eigenvalue weighted by Crippen LogP contribution is -2.45. The first-order chi connectivity index (χ1) is 11.1. The Morgan fingerprint density at radius 3 is 2.58 bits per heavy atom. The largest absolute Gasteiger partial charge is 0.480 e. The first-order valence-electron chi connectivity index (χ1n) is 7.85. The average Bonchev–Trinajstić information content (AvgIpc) is 3.31. The van der Waals surface area contributed by atoms with Gasteiger partial charge in [-0.15, -0.1) is 0 Å². The zero-order chi connectivity index (χ0) is 18.1. The van der Waals surface area contributed by atoms with E-state index in [2.05, 4.69) is 5.32 Å². The van der Waals surface area contributed by atoms with E-state index in [9.17, 15) is 27.9 Å². The minimum atomic E-state index is -4.42. The summed E-state index contributed by atoms with van der Waals surface area (Å²) in [7, 11) is 0. The maximum atomic E-state index is 12.8. The van der Waals surface area contributed by atoms with E-state index >= 15 is 0 Å². The minimum absolute atomic E-state index is 0.225. The van der Waals surface area contributed by atoms with Crippen LogP contribution in [0.2, 0.25) is 0 Å². The zero-order valence-corrected chi connectivity index (χ0v) is 13.4. The molecule has 0 heterocycles. The second-order valence-corrected chi connectivity index (χ2v) is 6.28. The van der Waals surface area contributed by atoms with Gasteiger partial charge >= 0.3 is 12.1 Å². The number of hydrogen-bond donors (Lipinski definition) is 2. The lowest BCUT2D eigenvalue weighted by molar-refractivity contribution is -0.143. The van der Waals surface area contributed by atoms with Crippen molar-refractivity contribution in [1.82, 2.24) is 5.32 Å². The molecule has 1 aliphatic rings. The molecule has 7 heteroatoms. The van der Waals surface area contributed by atoms with Crippen LogP contribution in [-0.4, -0.2) is 23.0 Å². The summed E-state index contributed by atoms with van der Waals surface area (Å²) < 4.78 is 38.3. The molecule has 1 saturated carbocycles. The summed E-state index contributed by atoms with van der Waals surface area (Å²) in [5, 5.41) is 11.7. The van der Waals surface area contributed by atoms with E-state index in [1.807, 2.05) is 6.92 Å². The van der Waals surface area contributed by atoms with Crippen molar-refractivity contribution in [3.05, 3.63) is 35.4 Å². The van der Waals surface area contributed by atoms with Crippen LogP contribution in [0.15, 0.2) is 24.3 Å². The van der Waals surface area contributed by atoms with Gasteiger partial charge in [-0.25, -0.2) is 4.79 Å². The third-order valence-corrected chi connectivity index (χ3v) is 4.55. The highest BCUT2D eigenvalue weighted by molar-refractivity contribution is 5.87. The molecule has 2 rings (SSSR count). The predicted molar refractivity (Wildman–Crippen MR) is 81.3 cm³/mol. The normalized spacial score (nSPS) is 22.5. The van der Waals surface area contributed by atoms with Gasteiger partial charge < -0.3 is 10.4 Å². The van der Waals surface area contributed by atoms with Crippen LogP contribution in [-0.2, 0) is 15.8 Å². The molecule has 0 aliphatic heterocycles. The first kappa shape index (κ1) is 18.3. The fraction of sp³-hybridized carbons (Fsp3) is 0.529. The lowest BCUT2D eigenvalue weighted by Gasteiger charge is -2.20. The van der Waals surface area contributed by atoms with E-state index in [1.54, 1.807) is 13.0 Å². The van der Waals surface area contributed by atoms with E-state index in [0.717, 1.165) is 12.1 Å². The van der Waals surface area contributed by atoms with Crippen molar-refractivity contribution in [2.24, 2.45) is 11.8 Å². The van der Waals surface area contributed by atoms with Gasteiger partial charge in [-0.1, -0.05) is 38.5 Å². The maximum absolute atomic E-state index is 12.8. The molecular weight excluding hydrogens is 323 g/mol. The Hall–Kier alpha value is -2.05. The molecule has 2 N–H and O–H groups in total. The van der Waals surface area contributed by atoms with E-state index in [0.29, 0.717) is 18.4 Å². The Kier molecular flexibility index (Phi) is 5.20. The third-order valence-electron chi connectivity index (χ3n) is 4.55. The molecule has 0 saturated heterocycles. The summed E-state index contributed by atoms with van der Waals surface area (Å²) in [6.45, 7) is 3.56. The molecule has 1 amide bonds. The highest BCUT2D eigenvalue weighted by atomic mass is 19.4. The summed E-state index contributed by atoms with van der Waals surface area (Å²) in [5.74, 6) is -2.51. The molecule has 2 unspecified atom stereocenters. The van der Waals surface area contributed by atoms with E-state index in [4.69, 9.17) is 0 Å². The molecule has 132 valence electrons. The van der Waals surface area contributed by atoms with Crippen LogP contribution in [0.4, 0.5) is 13.2 Å². The second-order valence-electron chi connectivity index (χ2n) is 6.28. The number of aliphatic carboxylic acids is 1. The van der Waals surface area contributed by atoms with Gasteiger partial charge in [0.15, 0.2) is 0 Å². The van der Waals surface area contributed by atoms with Crippen LogP contribution in [0.3, 0.4) is 0 Å².